The smallest absolute Gasteiger partial charge is 0.150 e. The standard InChI is InChI=1S/C16H16N2O/c1-10-4-5-14(18)15(6-10)19-16-11(2)7-13(9-17)8-12(16)3/h4-8H,18H2,1-3H3. The SMILES string of the molecule is Cc1ccc(N)c(Oc2c(C)cc(C#N)cc2C)c1. The summed E-state index contributed by atoms with van der Waals surface area (Å²) in [4.78, 5) is 0. The number of anilines is 1. The van der Waals surface area contributed by atoms with Crippen LogP contribution in [0, 0.1) is 32.1 Å². The van der Waals surface area contributed by atoms with Crippen LogP contribution >= 0.6 is 0 Å². The van der Waals surface area contributed by atoms with Crippen LogP contribution in [0.1, 0.15) is 22.3 Å². The average Bonchev–Trinajstić information content (AvgIpc) is 2.37. The van der Waals surface area contributed by atoms with Crippen LogP contribution < -0.4 is 10.5 Å². The van der Waals surface area contributed by atoms with Gasteiger partial charge in [0.2, 0.25) is 0 Å². The Morgan fingerprint density at radius 2 is 1.68 bits per heavy atom. The number of aryl methyl sites for hydroxylation is 3. The van der Waals surface area contributed by atoms with E-state index in [9.17, 15) is 0 Å². The Balaban J connectivity index is 2.44. The normalized spacial score (nSPS) is 10.0. The molecule has 0 saturated carbocycles. The van der Waals surface area contributed by atoms with Crippen LogP contribution in [0.3, 0.4) is 0 Å². The molecular formula is C16H16N2O. The summed E-state index contributed by atoms with van der Waals surface area (Å²) < 4.78 is 5.92. The molecule has 3 nitrogen and oxygen atoms in total. The van der Waals surface area contributed by atoms with Gasteiger partial charge in [0.1, 0.15) is 5.75 Å². The van der Waals surface area contributed by atoms with Crippen LogP contribution in [-0.4, -0.2) is 0 Å². The summed E-state index contributed by atoms with van der Waals surface area (Å²) in [6.45, 7) is 5.84. The predicted molar refractivity (Wildman–Crippen MR) is 76.3 cm³/mol. The molecule has 0 aliphatic rings. The number of ether oxygens (including phenoxy) is 1. The quantitative estimate of drug-likeness (QED) is 0.826. The lowest BCUT2D eigenvalue weighted by molar-refractivity contribution is 0.477. The first-order valence-corrected chi connectivity index (χ1v) is 6.06. The van der Waals surface area contributed by atoms with E-state index in [2.05, 4.69) is 6.07 Å². The van der Waals surface area contributed by atoms with Crippen LogP contribution in [-0.2, 0) is 0 Å². The highest BCUT2D eigenvalue weighted by atomic mass is 16.5. The minimum atomic E-state index is 0.605. The van der Waals surface area contributed by atoms with Crippen molar-refractivity contribution in [2.45, 2.75) is 20.8 Å². The molecule has 0 radical (unpaired) electrons. The number of benzene rings is 2. The molecule has 0 aromatic heterocycles. The van der Waals surface area contributed by atoms with Gasteiger partial charge >= 0.3 is 0 Å². The lowest BCUT2D eigenvalue weighted by Gasteiger charge is -2.14. The number of hydrogen-bond donors (Lipinski definition) is 1. The summed E-state index contributed by atoms with van der Waals surface area (Å²) in [6.07, 6.45) is 0. The van der Waals surface area contributed by atoms with Crippen molar-refractivity contribution in [3.05, 3.63) is 52.6 Å². The molecule has 0 amide bonds. The first-order valence-electron chi connectivity index (χ1n) is 6.06. The van der Waals surface area contributed by atoms with Crippen LogP contribution in [0.2, 0.25) is 0 Å². The largest absolute Gasteiger partial charge is 0.455 e. The van der Waals surface area contributed by atoms with E-state index < -0.39 is 0 Å². The molecule has 0 fully saturated rings. The molecule has 0 saturated heterocycles. The molecule has 0 unspecified atom stereocenters. The van der Waals surface area contributed by atoms with Crippen molar-refractivity contribution < 1.29 is 4.74 Å². The van der Waals surface area contributed by atoms with Crippen molar-refractivity contribution in [2.75, 3.05) is 5.73 Å². The van der Waals surface area contributed by atoms with Gasteiger partial charge in [0, 0.05) is 0 Å². The minimum absolute atomic E-state index is 0.605. The Morgan fingerprint density at radius 1 is 1.05 bits per heavy atom. The van der Waals surface area contributed by atoms with Gasteiger partial charge in [0.25, 0.3) is 0 Å². The van der Waals surface area contributed by atoms with E-state index in [0.29, 0.717) is 17.0 Å². The molecule has 0 heterocycles. The second-order valence-corrected chi connectivity index (χ2v) is 4.69. The van der Waals surface area contributed by atoms with E-state index in [0.717, 1.165) is 22.4 Å². The summed E-state index contributed by atoms with van der Waals surface area (Å²) in [5.41, 5.74) is 10.1. The summed E-state index contributed by atoms with van der Waals surface area (Å²) in [5.74, 6) is 1.41. The highest BCUT2D eigenvalue weighted by Crippen LogP contribution is 2.33. The monoisotopic (exact) mass is 252 g/mol. The number of nitriles is 1. The van der Waals surface area contributed by atoms with E-state index in [-0.39, 0.29) is 0 Å². The Labute approximate surface area is 113 Å². The Hall–Kier alpha value is -2.47. The van der Waals surface area contributed by atoms with Crippen molar-refractivity contribution >= 4 is 5.69 Å². The zero-order valence-electron chi connectivity index (χ0n) is 11.3. The Morgan fingerprint density at radius 3 is 2.26 bits per heavy atom. The first-order chi connectivity index (χ1) is 9.01. The van der Waals surface area contributed by atoms with Gasteiger partial charge in [0.05, 0.1) is 17.3 Å². The molecule has 0 bridgehead atoms. The molecule has 96 valence electrons. The molecular weight excluding hydrogens is 236 g/mol. The van der Waals surface area contributed by atoms with E-state index in [4.69, 9.17) is 15.7 Å². The highest BCUT2D eigenvalue weighted by Gasteiger charge is 2.09. The molecule has 2 rings (SSSR count). The molecule has 2 aromatic carbocycles. The van der Waals surface area contributed by atoms with Gasteiger partial charge in [-0.05, 0) is 61.7 Å². The van der Waals surface area contributed by atoms with Gasteiger partial charge in [-0.1, -0.05) is 6.07 Å². The van der Waals surface area contributed by atoms with Crippen molar-refractivity contribution in [1.82, 2.24) is 0 Å². The Bertz CT molecular complexity index is 646. The lowest BCUT2D eigenvalue weighted by Crippen LogP contribution is -1.96. The number of nitrogens with zero attached hydrogens (tertiary/aromatic N) is 1. The second-order valence-electron chi connectivity index (χ2n) is 4.69. The summed E-state index contributed by atoms with van der Waals surface area (Å²) in [5, 5.41) is 8.94. The van der Waals surface area contributed by atoms with E-state index in [1.165, 1.54) is 0 Å². The third-order valence-electron chi connectivity index (χ3n) is 2.97. The molecule has 19 heavy (non-hydrogen) atoms. The fourth-order valence-corrected chi connectivity index (χ4v) is 2.02. The summed E-state index contributed by atoms with van der Waals surface area (Å²) >= 11 is 0. The molecule has 2 aromatic rings. The summed E-state index contributed by atoms with van der Waals surface area (Å²) in [6, 6.07) is 11.5. The predicted octanol–water partition coefficient (Wildman–Crippen LogP) is 3.86. The second kappa shape index (κ2) is 5.03. The molecule has 0 atom stereocenters. The molecule has 3 heteroatoms. The fourth-order valence-electron chi connectivity index (χ4n) is 2.02. The van der Waals surface area contributed by atoms with Gasteiger partial charge in [0.15, 0.2) is 5.75 Å². The van der Waals surface area contributed by atoms with Gasteiger partial charge in [-0.15, -0.1) is 0 Å². The molecule has 2 N–H and O–H groups in total. The maximum Gasteiger partial charge on any atom is 0.150 e. The highest BCUT2D eigenvalue weighted by molar-refractivity contribution is 5.57. The van der Waals surface area contributed by atoms with Crippen LogP contribution in [0.15, 0.2) is 30.3 Å². The zero-order valence-corrected chi connectivity index (χ0v) is 11.3. The van der Waals surface area contributed by atoms with Gasteiger partial charge < -0.3 is 10.5 Å². The minimum Gasteiger partial charge on any atom is -0.455 e. The molecule has 0 spiro atoms. The number of nitrogens with two attached hydrogens (primary N) is 1. The number of hydrogen-bond acceptors (Lipinski definition) is 3. The fraction of sp³-hybridized carbons (Fsp3) is 0.188. The van der Waals surface area contributed by atoms with Crippen LogP contribution in [0.5, 0.6) is 11.5 Å². The van der Waals surface area contributed by atoms with Crippen LogP contribution in [0.4, 0.5) is 5.69 Å². The van der Waals surface area contributed by atoms with Crippen molar-refractivity contribution in [1.29, 1.82) is 5.26 Å². The first kappa shape index (κ1) is 13.0. The zero-order chi connectivity index (χ0) is 14.0. The van der Waals surface area contributed by atoms with Crippen molar-refractivity contribution in [3.8, 4) is 17.6 Å². The van der Waals surface area contributed by atoms with Gasteiger partial charge in [-0.25, -0.2) is 0 Å². The lowest BCUT2D eigenvalue weighted by atomic mass is 10.1. The maximum atomic E-state index is 8.94. The van der Waals surface area contributed by atoms with E-state index in [1.807, 2.05) is 51.1 Å². The average molecular weight is 252 g/mol. The third-order valence-corrected chi connectivity index (χ3v) is 2.97. The number of rotatable bonds is 2. The third kappa shape index (κ3) is 2.69. The van der Waals surface area contributed by atoms with Crippen molar-refractivity contribution in [2.24, 2.45) is 0 Å². The van der Waals surface area contributed by atoms with Gasteiger partial charge in [-0.3, -0.25) is 0 Å². The maximum absolute atomic E-state index is 8.94. The topological polar surface area (TPSA) is 59.0 Å². The number of nitrogen functional groups attached to an aromatic ring is 1. The van der Waals surface area contributed by atoms with E-state index >= 15 is 0 Å². The molecule has 0 aliphatic carbocycles. The van der Waals surface area contributed by atoms with E-state index in [1.54, 1.807) is 0 Å². The Kier molecular flexibility index (Phi) is 3.43. The van der Waals surface area contributed by atoms with Gasteiger partial charge in [-0.2, -0.15) is 5.26 Å². The van der Waals surface area contributed by atoms with Crippen molar-refractivity contribution in [3.63, 3.8) is 0 Å². The molecule has 0 aliphatic heterocycles. The summed E-state index contributed by atoms with van der Waals surface area (Å²) in [7, 11) is 0. The van der Waals surface area contributed by atoms with Crippen LogP contribution in [0.25, 0.3) is 0 Å².